The minimum Gasteiger partial charge on any atom is -1.00 e. The van der Waals surface area contributed by atoms with Gasteiger partial charge in [-0.2, -0.15) is 0 Å². The van der Waals surface area contributed by atoms with E-state index in [9.17, 15) is 0 Å². The van der Waals surface area contributed by atoms with Crippen LogP contribution < -0.4 is 24.8 Å². The Hall–Kier alpha value is -2.31. The first kappa shape index (κ1) is 33.6. The van der Waals surface area contributed by atoms with Gasteiger partial charge in [-0.1, -0.05) is 0 Å². The largest absolute Gasteiger partial charge is 1.00 e. The third-order valence-corrected chi connectivity index (χ3v) is 17.1. The molecule has 43 heavy (non-hydrogen) atoms. The number of benzene rings is 4. The molecule has 4 aromatic carbocycles. The molecule has 0 saturated carbocycles. The molecule has 0 atom stereocenters. The Morgan fingerprint density at radius 2 is 1.07 bits per heavy atom. The van der Waals surface area contributed by atoms with Gasteiger partial charge in [0.15, 0.2) is 0 Å². The number of rotatable bonds is 4. The quantitative estimate of drug-likeness (QED) is 0.298. The summed E-state index contributed by atoms with van der Waals surface area (Å²) >= 11 is -2.70. The van der Waals surface area contributed by atoms with Gasteiger partial charge < -0.3 is 24.8 Å². The maximum atomic E-state index is 2.58. The summed E-state index contributed by atoms with van der Waals surface area (Å²) in [4.78, 5) is 0. The van der Waals surface area contributed by atoms with Crippen molar-refractivity contribution in [1.82, 2.24) is 0 Å². The van der Waals surface area contributed by atoms with E-state index in [0.717, 1.165) is 6.42 Å². The van der Waals surface area contributed by atoms with Gasteiger partial charge in [-0.3, -0.25) is 0 Å². The Morgan fingerprint density at radius 1 is 0.628 bits per heavy atom. The van der Waals surface area contributed by atoms with Crippen LogP contribution in [-0.4, -0.2) is 3.21 Å². The van der Waals surface area contributed by atoms with Crippen molar-refractivity contribution in [2.24, 2.45) is 0 Å². The zero-order chi connectivity index (χ0) is 28.9. The molecule has 0 heterocycles. The SMILES string of the molecule is CC1=CC[C]([Zr+2](=[C](c2ccccc2)c2ccccc2)[CH]2c3cc(C(C)(C)C)ccc3-c3ccc(C(C)(C)C)cc32)=C1.[Cl-].[Cl-]. The molecule has 3 heteroatoms. The van der Waals surface area contributed by atoms with Crippen molar-refractivity contribution >= 4 is 3.21 Å². The molecule has 4 aromatic rings. The first-order chi connectivity index (χ1) is 19.5. The fraction of sp³-hybridized carbons (Fsp3) is 0.275. The van der Waals surface area contributed by atoms with E-state index in [-0.39, 0.29) is 35.6 Å². The fourth-order valence-corrected chi connectivity index (χ4v) is 15.7. The molecular formula is C40H42Cl2Zr. The minimum atomic E-state index is -2.70. The number of hydrogen-bond acceptors (Lipinski definition) is 0. The first-order valence-corrected chi connectivity index (χ1v) is 18.9. The molecule has 6 rings (SSSR count). The Bertz CT molecular complexity index is 1610. The molecule has 0 bridgehead atoms. The second kappa shape index (κ2) is 13.0. The molecule has 2 aliphatic carbocycles. The molecule has 0 radical (unpaired) electrons. The van der Waals surface area contributed by atoms with Gasteiger partial charge in [0, 0.05) is 0 Å². The number of hydrogen-bond donors (Lipinski definition) is 0. The van der Waals surface area contributed by atoms with Crippen LogP contribution in [0.4, 0.5) is 0 Å². The Morgan fingerprint density at radius 3 is 1.44 bits per heavy atom. The maximum absolute atomic E-state index is 2.70. The molecular weight excluding hydrogens is 643 g/mol. The summed E-state index contributed by atoms with van der Waals surface area (Å²) in [6.07, 6.45) is 6.10. The Labute approximate surface area is 279 Å². The van der Waals surface area contributed by atoms with Gasteiger partial charge in [0.2, 0.25) is 0 Å². The van der Waals surface area contributed by atoms with E-state index in [1.807, 2.05) is 0 Å². The van der Waals surface area contributed by atoms with Crippen molar-refractivity contribution in [1.29, 1.82) is 0 Å². The van der Waals surface area contributed by atoms with E-state index in [2.05, 4.69) is 158 Å². The predicted octanol–water partition coefficient (Wildman–Crippen LogP) is 4.48. The van der Waals surface area contributed by atoms with Crippen LogP contribution in [0.25, 0.3) is 11.1 Å². The third kappa shape index (κ3) is 6.56. The Kier molecular flexibility index (Phi) is 10.1. The molecule has 0 nitrogen and oxygen atoms in total. The summed E-state index contributed by atoms with van der Waals surface area (Å²) in [5, 5.41) is 0. The molecule has 0 N–H and O–H groups in total. The van der Waals surface area contributed by atoms with Crippen LogP contribution in [0.15, 0.2) is 118 Å². The third-order valence-electron chi connectivity index (χ3n) is 8.82. The van der Waals surface area contributed by atoms with Crippen LogP contribution in [0, 0.1) is 0 Å². The normalized spacial score (nSPS) is 13.9. The molecule has 0 amide bonds. The average molecular weight is 685 g/mol. The van der Waals surface area contributed by atoms with Crippen molar-refractivity contribution in [2.75, 3.05) is 0 Å². The molecule has 0 fully saturated rings. The second-order valence-corrected chi connectivity index (χ2v) is 20.1. The number of allylic oxidation sites excluding steroid dienone is 4. The van der Waals surface area contributed by atoms with Crippen molar-refractivity contribution in [3.63, 3.8) is 0 Å². The number of halogens is 2. The maximum Gasteiger partial charge on any atom is -1.00 e. The van der Waals surface area contributed by atoms with Crippen LogP contribution in [0.2, 0.25) is 0 Å². The van der Waals surface area contributed by atoms with Gasteiger partial charge in [-0.05, 0) is 0 Å². The van der Waals surface area contributed by atoms with Crippen molar-refractivity contribution in [3.8, 4) is 11.1 Å². The van der Waals surface area contributed by atoms with Crippen LogP contribution in [-0.2, 0) is 32.1 Å². The van der Waals surface area contributed by atoms with E-state index in [4.69, 9.17) is 0 Å². The van der Waals surface area contributed by atoms with Gasteiger partial charge in [-0.25, -0.2) is 0 Å². The van der Waals surface area contributed by atoms with E-state index in [1.54, 1.807) is 17.6 Å². The topological polar surface area (TPSA) is 0 Å². The molecule has 0 spiro atoms. The van der Waals surface area contributed by atoms with Gasteiger partial charge in [-0.15, -0.1) is 0 Å². The summed E-state index contributed by atoms with van der Waals surface area (Å²) in [5.41, 5.74) is 13.3. The Balaban J connectivity index is 0.00000212. The number of fused-ring (bicyclic) bond motifs is 3. The zero-order valence-electron chi connectivity index (χ0n) is 26.4. The monoisotopic (exact) mass is 682 g/mol. The summed E-state index contributed by atoms with van der Waals surface area (Å²) in [6, 6.07) is 37.4. The van der Waals surface area contributed by atoms with Gasteiger partial charge in [0.25, 0.3) is 0 Å². The van der Waals surface area contributed by atoms with E-state index < -0.39 is 21.3 Å². The molecule has 0 aliphatic heterocycles. The van der Waals surface area contributed by atoms with Crippen LogP contribution in [0.3, 0.4) is 0 Å². The molecule has 0 saturated heterocycles. The van der Waals surface area contributed by atoms with Crippen molar-refractivity contribution < 1.29 is 46.1 Å². The summed E-state index contributed by atoms with van der Waals surface area (Å²) < 4.78 is 3.75. The molecule has 2 aliphatic rings. The average Bonchev–Trinajstić information content (AvgIpc) is 3.52. The predicted molar refractivity (Wildman–Crippen MR) is 174 cm³/mol. The molecule has 220 valence electrons. The van der Waals surface area contributed by atoms with E-state index >= 15 is 0 Å². The fourth-order valence-electron chi connectivity index (χ4n) is 6.53. The zero-order valence-corrected chi connectivity index (χ0v) is 30.4. The summed E-state index contributed by atoms with van der Waals surface area (Å²) in [7, 11) is 0. The van der Waals surface area contributed by atoms with Crippen molar-refractivity contribution in [2.45, 2.75) is 69.3 Å². The van der Waals surface area contributed by atoms with E-state index in [1.165, 1.54) is 39.0 Å². The van der Waals surface area contributed by atoms with Gasteiger partial charge in [0.05, 0.1) is 0 Å². The molecule has 0 aromatic heterocycles. The van der Waals surface area contributed by atoms with Gasteiger partial charge in [0.1, 0.15) is 0 Å². The summed E-state index contributed by atoms with van der Waals surface area (Å²) in [5.74, 6) is 0. The smallest absolute Gasteiger partial charge is 1.00 e. The van der Waals surface area contributed by atoms with Crippen molar-refractivity contribution in [3.05, 3.63) is 151 Å². The first-order valence-electron chi connectivity index (χ1n) is 15.0. The van der Waals surface area contributed by atoms with Crippen LogP contribution >= 0.6 is 0 Å². The summed E-state index contributed by atoms with van der Waals surface area (Å²) in [6.45, 7) is 16.4. The standard InChI is InChI=1S/C21H25.C13H10.C6H7.2ClH.Zr/c1-20(2,3)16-7-9-18-14(12-16)11-15-13-17(21(4,5)6)8-10-19(15)18;1-3-7-12(8-4-1)11-13-9-5-2-6-10-13;1-6-4-2-3-5-6;;;/h7-13H,1-6H3;1-10H;4-5H,2H2,1H3;2*1H;/q;;;;;+2/p-2. The second-order valence-electron chi connectivity index (χ2n) is 13.9. The molecule has 0 unspecified atom stereocenters. The van der Waals surface area contributed by atoms with Crippen LogP contribution in [0.5, 0.6) is 0 Å². The minimum absolute atomic E-state index is 0. The van der Waals surface area contributed by atoms with Crippen LogP contribution in [0.1, 0.15) is 91.9 Å². The van der Waals surface area contributed by atoms with Gasteiger partial charge >= 0.3 is 256 Å². The van der Waals surface area contributed by atoms with E-state index in [0.29, 0.717) is 3.63 Å².